The van der Waals surface area contributed by atoms with Gasteiger partial charge in [0.05, 0.1) is 34.8 Å². The summed E-state index contributed by atoms with van der Waals surface area (Å²) in [4.78, 5) is 40.3. The highest BCUT2D eigenvalue weighted by Gasteiger charge is 2.20. The van der Waals surface area contributed by atoms with Crippen molar-refractivity contribution in [3.05, 3.63) is 64.5 Å². The van der Waals surface area contributed by atoms with Gasteiger partial charge in [0.2, 0.25) is 0 Å². The molecule has 0 unspecified atom stereocenters. The average molecular weight is 393 g/mol. The molecule has 4 aromatic rings. The summed E-state index contributed by atoms with van der Waals surface area (Å²) < 4.78 is 5.35. The van der Waals surface area contributed by atoms with Crippen LogP contribution in [0.2, 0.25) is 0 Å². The Balaban J connectivity index is 1.70. The maximum atomic E-state index is 12.9. The van der Waals surface area contributed by atoms with Crippen molar-refractivity contribution in [3.63, 3.8) is 0 Å². The number of nitrogens with zero attached hydrogens (tertiary/aromatic N) is 3. The van der Waals surface area contributed by atoms with Crippen LogP contribution in [0.4, 0.5) is 5.69 Å². The lowest BCUT2D eigenvalue weighted by molar-refractivity contribution is 0.102. The van der Waals surface area contributed by atoms with E-state index in [2.05, 4.69) is 25.3 Å². The summed E-state index contributed by atoms with van der Waals surface area (Å²) in [6.07, 6.45) is 4.73. The summed E-state index contributed by atoms with van der Waals surface area (Å²) in [5, 5.41) is 3.74. The van der Waals surface area contributed by atoms with Gasteiger partial charge in [-0.3, -0.25) is 9.59 Å². The molecule has 2 N–H and O–H groups in total. The van der Waals surface area contributed by atoms with Crippen molar-refractivity contribution in [2.24, 2.45) is 0 Å². The SMILES string of the molecule is CSc1nc(-c2ccco2)nc(C)c1C(=O)Nc1ccc2nc[nH]c(=O)c2c1. The fraction of sp³-hybridized carbons (Fsp3) is 0.105. The summed E-state index contributed by atoms with van der Waals surface area (Å²) in [6, 6.07) is 8.48. The Hall–Kier alpha value is -3.46. The molecule has 0 spiro atoms. The largest absolute Gasteiger partial charge is 0.461 e. The molecule has 0 aliphatic carbocycles. The fourth-order valence-corrected chi connectivity index (χ4v) is 3.43. The highest BCUT2D eigenvalue weighted by molar-refractivity contribution is 7.98. The average Bonchev–Trinajstić information content (AvgIpc) is 3.22. The van der Waals surface area contributed by atoms with Gasteiger partial charge < -0.3 is 14.7 Å². The first-order valence-electron chi connectivity index (χ1n) is 8.32. The Labute approximate surface area is 163 Å². The normalized spacial score (nSPS) is 10.9. The zero-order valence-electron chi connectivity index (χ0n) is 15.0. The van der Waals surface area contributed by atoms with Crippen LogP contribution in [-0.2, 0) is 0 Å². The van der Waals surface area contributed by atoms with E-state index in [1.807, 2.05) is 6.26 Å². The topological polar surface area (TPSA) is 114 Å². The molecule has 0 radical (unpaired) electrons. The van der Waals surface area contributed by atoms with Crippen molar-refractivity contribution in [1.29, 1.82) is 0 Å². The Morgan fingerprint density at radius 3 is 2.86 bits per heavy atom. The molecule has 0 saturated heterocycles. The minimum Gasteiger partial charge on any atom is -0.461 e. The number of aromatic amines is 1. The van der Waals surface area contributed by atoms with E-state index in [-0.39, 0.29) is 11.5 Å². The van der Waals surface area contributed by atoms with Crippen LogP contribution >= 0.6 is 11.8 Å². The zero-order valence-corrected chi connectivity index (χ0v) is 15.8. The number of nitrogens with one attached hydrogen (secondary N) is 2. The molecule has 3 heterocycles. The molecule has 0 fully saturated rings. The molecular formula is C19H15N5O3S. The van der Waals surface area contributed by atoms with E-state index in [9.17, 15) is 9.59 Å². The van der Waals surface area contributed by atoms with Crippen LogP contribution in [0, 0.1) is 6.92 Å². The predicted molar refractivity (Wildman–Crippen MR) is 107 cm³/mol. The number of benzene rings is 1. The van der Waals surface area contributed by atoms with E-state index >= 15 is 0 Å². The number of rotatable bonds is 4. The Morgan fingerprint density at radius 2 is 2.11 bits per heavy atom. The predicted octanol–water partition coefficient (Wildman–Crippen LogP) is 3.26. The smallest absolute Gasteiger partial charge is 0.260 e. The number of aromatic nitrogens is 4. The number of carbonyl (C=O) groups is 1. The molecule has 1 amide bonds. The molecule has 0 saturated carbocycles. The summed E-state index contributed by atoms with van der Waals surface area (Å²) in [6.45, 7) is 1.75. The Morgan fingerprint density at radius 1 is 1.25 bits per heavy atom. The van der Waals surface area contributed by atoms with Crippen LogP contribution < -0.4 is 10.9 Å². The summed E-state index contributed by atoms with van der Waals surface area (Å²) in [5.74, 6) is 0.603. The van der Waals surface area contributed by atoms with Crippen molar-refractivity contribution >= 4 is 34.3 Å². The Kier molecular flexibility index (Phi) is 4.66. The van der Waals surface area contributed by atoms with Gasteiger partial charge in [-0.1, -0.05) is 0 Å². The van der Waals surface area contributed by atoms with Gasteiger partial charge in [-0.15, -0.1) is 11.8 Å². The van der Waals surface area contributed by atoms with Crippen LogP contribution in [0.15, 0.2) is 57.2 Å². The second kappa shape index (κ2) is 7.28. The van der Waals surface area contributed by atoms with Gasteiger partial charge in [-0.25, -0.2) is 15.0 Å². The number of hydrogen-bond donors (Lipinski definition) is 2. The molecule has 140 valence electrons. The lowest BCUT2D eigenvalue weighted by Gasteiger charge is -2.12. The summed E-state index contributed by atoms with van der Waals surface area (Å²) in [5.41, 5.74) is 1.67. The van der Waals surface area contributed by atoms with Gasteiger partial charge >= 0.3 is 0 Å². The molecule has 0 aliphatic heterocycles. The molecular weight excluding hydrogens is 378 g/mol. The molecule has 3 aromatic heterocycles. The maximum Gasteiger partial charge on any atom is 0.260 e. The number of hydrogen-bond acceptors (Lipinski definition) is 7. The highest BCUT2D eigenvalue weighted by atomic mass is 32.2. The third kappa shape index (κ3) is 3.27. The first-order chi connectivity index (χ1) is 13.6. The van der Waals surface area contributed by atoms with Gasteiger partial charge in [-0.05, 0) is 43.5 Å². The van der Waals surface area contributed by atoms with Gasteiger partial charge in [0.1, 0.15) is 5.03 Å². The maximum absolute atomic E-state index is 12.9. The molecule has 1 aromatic carbocycles. The molecule has 28 heavy (non-hydrogen) atoms. The van der Waals surface area contributed by atoms with E-state index in [1.54, 1.807) is 43.5 Å². The summed E-state index contributed by atoms with van der Waals surface area (Å²) in [7, 11) is 0. The van der Waals surface area contributed by atoms with Gasteiger partial charge in [-0.2, -0.15) is 0 Å². The highest BCUT2D eigenvalue weighted by Crippen LogP contribution is 2.26. The van der Waals surface area contributed by atoms with Crippen LogP contribution in [0.3, 0.4) is 0 Å². The third-order valence-electron chi connectivity index (χ3n) is 4.12. The summed E-state index contributed by atoms with van der Waals surface area (Å²) >= 11 is 1.35. The number of amides is 1. The van der Waals surface area contributed by atoms with Gasteiger partial charge in [0.15, 0.2) is 11.6 Å². The molecule has 4 rings (SSSR count). The number of furan rings is 1. The minimum absolute atomic E-state index is 0.270. The monoisotopic (exact) mass is 393 g/mol. The number of carbonyl (C=O) groups excluding carboxylic acids is 1. The van der Waals surface area contributed by atoms with Crippen molar-refractivity contribution in [1.82, 2.24) is 19.9 Å². The zero-order chi connectivity index (χ0) is 19.7. The van der Waals surface area contributed by atoms with Crippen molar-refractivity contribution in [3.8, 4) is 11.6 Å². The van der Waals surface area contributed by atoms with Crippen molar-refractivity contribution in [2.75, 3.05) is 11.6 Å². The van der Waals surface area contributed by atoms with E-state index < -0.39 is 0 Å². The number of aryl methyl sites for hydroxylation is 1. The number of H-pyrrole nitrogens is 1. The first kappa shape index (κ1) is 17.9. The molecule has 0 aliphatic rings. The first-order valence-corrected chi connectivity index (χ1v) is 9.54. The lowest BCUT2D eigenvalue weighted by Crippen LogP contribution is -2.17. The molecule has 9 heteroatoms. The second-order valence-corrected chi connectivity index (χ2v) is 6.71. The van der Waals surface area contributed by atoms with Crippen LogP contribution in [0.5, 0.6) is 0 Å². The van der Waals surface area contributed by atoms with Gasteiger partial charge in [0, 0.05) is 5.69 Å². The number of thioether (sulfide) groups is 1. The van der Waals surface area contributed by atoms with E-state index in [4.69, 9.17) is 4.42 Å². The van der Waals surface area contributed by atoms with E-state index in [0.717, 1.165) is 0 Å². The standard InChI is InChI=1S/C19H15N5O3S/c1-10-15(19(28-2)24-16(22-10)14-4-3-7-27-14)18(26)23-11-5-6-13-12(8-11)17(25)21-9-20-13/h3-9H,1-2H3,(H,23,26)(H,20,21,25). The van der Waals surface area contributed by atoms with Crippen LogP contribution in [-0.4, -0.2) is 32.1 Å². The molecule has 8 nitrogen and oxygen atoms in total. The molecule has 0 atom stereocenters. The minimum atomic E-state index is -0.354. The fourth-order valence-electron chi connectivity index (χ4n) is 2.81. The second-order valence-electron chi connectivity index (χ2n) is 5.91. The number of fused-ring (bicyclic) bond motifs is 1. The number of anilines is 1. The van der Waals surface area contributed by atoms with Crippen molar-refractivity contribution < 1.29 is 9.21 Å². The van der Waals surface area contributed by atoms with Crippen LogP contribution in [0.25, 0.3) is 22.5 Å². The quantitative estimate of drug-likeness (QED) is 0.404. The van der Waals surface area contributed by atoms with Gasteiger partial charge in [0.25, 0.3) is 11.5 Å². The third-order valence-corrected chi connectivity index (χ3v) is 4.80. The molecule has 0 bridgehead atoms. The van der Waals surface area contributed by atoms with E-state index in [1.165, 1.54) is 18.1 Å². The van der Waals surface area contributed by atoms with Crippen molar-refractivity contribution in [2.45, 2.75) is 11.9 Å². The Bertz CT molecular complexity index is 1230. The van der Waals surface area contributed by atoms with Crippen LogP contribution in [0.1, 0.15) is 16.1 Å². The lowest BCUT2D eigenvalue weighted by atomic mass is 10.2. The van der Waals surface area contributed by atoms with E-state index in [0.29, 0.717) is 44.5 Å².